The molecular formula is C12H19NO. The Morgan fingerprint density at radius 1 is 1.21 bits per heavy atom. The lowest BCUT2D eigenvalue weighted by Gasteiger charge is -2.55. The highest BCUT2D eigenvalue weighted by Crippen LogP contribution is 2.52. The minimum atomic E-state index is -0.465. The summed E-state index contributed by atoms with van der Waals surface area (Å²) >= 11 is 0. The zero-order valence-electron chi connectivity index (χ0n) is 9.18. The van der Waals surface area contributed by atoms with E-state index in [1.54, 1.807) is 0 Å². The van der Waals surface area contributed by atoms with E-state index < -0.39 is 5.60 Å². The van der Waals surface area contributed by atoms with Gasteiger partial charge in [-0.1, -0.05) is 33.1 Å². The summed E-state index contributed by atoms with van der Waals surface area (Å²) in [6, 6.07) is 2.45. The Kier molecular flexibility index (Phi) is 2.31. The summed E-state index contributed by atoms with van der Waals surface area (Å²) in [7, 11) is 0. The average molecular weight is 193 g/mol. The van der Waals surface area contributed by atoms with Crippen LogP contribution in [0.5, 0.6) is 0 Å². The van der Waals surface area contributed by atoms with Gasteiger partial charge in [-0.15, -0.1) is 0 Å². The van der Waals surface area contributed by atoms with Crippen LogP contribution < -0.4 is 0 Å². The van der Waals surface area contributed by atoms with Gasteiger partial charge in [-0.3, -0.25) is 0 Å². The SMILES string of the molecule is CC1(C)COC1(C#N)C1CCCCC1. The minimum absolute atomic E-state index is 0.0593. The van der Waals surface area contributed by atoms with Crippen LogP contribution in [-0.2, 0) is 4.74 Å². The Labute approximate surface area is 86.2 Å². The van der Waals surface area contributed by atoms with Gasteiger partial charge in [-0.05, 0) is 12.8 Å². The molecule has 2 heteroatoms. The molecule has 0 aromatic carbocycles. The second-order valence-corrected chi connectivity index (χ2v) is 5.35. The van der Waals surface area contributed by atoms with Crippen LogP contribution >= 0.6 is 0 Å². The summed E-state index contributed by atoms with van der Waals surface area (Å²) in [5, 5.41) is 9.35. The van der Waals surface area contributed by atoms with Crippen molar-refractivity contribution >= 4 is 0 Å². The lowest BCUT2D eigenvalue weighted by molar-refractivity contribution is -0.248. The first kappa shape index (κ1) is 9.98. The van der Waals surface area contributed by atoms with Gasteiger partial charge in [0.2, 0.25) is 0 Å². The molecule has 1 aliphatic heterocycles. The molecule has 1 aliphatic carbocycles. The first-order valence-electron chi connectivity index (χ1n) is 5.68. The van der Waals surface area contributed by atoms with Gasteiger partial charge in [0, 0.05) is 11.3 Å². The fourth-order valence-corrected chi connectivity index (χ4v) is 2.97. The average Bonchev–Trinajstić information content (AvgIpc) is 2.19. The van der Waals surface area contributed by atoms with Gasteiger partial charge in [-0.25, -0.2) is 0 Å². The summed E-state index contributed by atoms with van der Waals surface area (Å²) < 4.78 is 5.66. The van der Waals surface area contributed by atoms with Crippen molar-refractivity contribution < 1.29 is 4.74 Å². The van der Waals surface area contributed by atoms with Crippen molar-refractivity contribution in [3.8, 4) is 6.07 Å². The van der Waals surface area contributed by atoms with E-state index in [0.717, 1.165) is 6.61 Å². The molecule has 1 unspecified atom stereocenters. The van der Waals surface area contributed by atoms with Crippen LogP contribution in [0.15, 0.2) is 0 Å². The van der Waals surface area contributed by atoms with E-state index >= 15 is 0 Å². The Bertz CT molecular complexity index is 260. The third-order valence-electron chi connectivity index (χ3n) is 4.01. The molecule has 78 valence electrons. The lowest BCUT2D eigenvalue weighted by atomic mass is 9.61. The van der Waals surface area contributed by atoms with Crippen LogP contribution in [-0.4, -0.2) is 12.2 Å². The molecule has 0 aromatic heterocycles. The van der Waals surface area contributed by atoms with Crippen LogP contribution in [0.25, 0.3) is 0 Å². The molecule has 0 N–H and O–H groups in total. The first-order valence-corrected chi connectivity index (χ1v) is 5.68. The van der Waals surface area contributed by atoms with Crippen LogP contribution in [0.3, 0.4) is 0 Å². The van der Waals surface area contributed by atoms with Gasteiger partial charge in [0.15, 0.2) is 5.60 Å². The molecule has 1 saturated carbocycles. The van der Waals surface area contributed by atoms with E-state index in [-0.39, 0.29) is 5.41 Å². The second kappa shape index (κ2) is 3.24. The van der Waals surface area contributed by atoms with Crippen molar-refractivity contribution in [2.75, 3.05) is 6.61 Å². The molecule has 14 heavy (non-hydrogen) atoms. The fraction of sp³-hybridized carbons (Fsp3) is 0.917. The number of hydrogen-bond donors (Lipinski definition) is 0. The van der Waals surface area contributed by atoms with Crippen molar-refractivity contribution in [1.29, 1.82) is 5.26 Å². The number of hydrogen-bond acceptors (Lipinski definition) is 2. The van der Waals surface area contributed by atoms with Gasteiger partial charge in [0.05, 0.1) is 12.7 Å². The van der Waals surface area contributed by atoms with Gasteiger partial charge < -0.3 is 4.74 Å². The van der Waals surface area contributed by atoms with Gasteiger partial charge in [-0.2, -0.15) is 5.26 Å². The van der Waals surface area contributed by atoms with Crippen molar-refractivity contribution in [3.63, 3.8) is 0 Å². The number of nitrogens with zero attached hydrogens (tertiary/aromatic N) is 1. The summed E-state index contributed by atoms with van der Waals surface area (Å²) in [6.07, 6.45) is 6.23. The van der Waals surface area contributed by atoms with Crippen molar-refractivity contribution in [2.24, 2.45) is 11.3 Å². The van der Waals surface area contributed by atoms with Gasteiger partial charge in [0.25, 0.3) is 0 Å². The van der Waals surface area contributed by atoms with Crippen molar-refractivity contribution in [1.82, 2.24) is 0 Å². The Morgan fingerprint density at radius 2 is 1.86 bits per heavy atom. The summed E-state index contributed by atoms with van der Waals surface area (Å²) in [5.41, 5.74) is -0.406. The van der Waals surface area contributed by atoms with E-state index in [0.29, 0.717) is 5.92 Å². The molecule has 1 atom stereocenters. The third-order valence-corrected chi connectivity index (χ3v) is 4.01. The van der Waals surface area contributed by atoms with E-state index in [9.17, 15) is 5.26 Å². The standard InChI is InChI=1S/C12H19NO/c1-11(2)9-14-12(11,8-13)10-6-4-3-5-7-10/h10H,3-7,9H2,1-2H3. The summed E-state index contributed by atoms with van der Waals surface area (Å²) in [6.45, 7) is 5.07. The molecule has 2 nitrogen and oxygen atoms in total. The summed E-state index contributed by atoms with van der Waals surface area (Å²) in [5.74, 6) is 0.477. The topological polar surface area (TPSA) is 33.0 Å². The highest BCUT2D eigenvalue weighted by Gasteiger charge is 2.59. The Morgan fingerprint density at radius 3 is 2.21 bits per heavy atom. The number of nitriles is 1. The highest BCUT2D eigenvalue weighted by atomic mass is 16.5. The van der Waals surface area contributed by atoms with Crippen molar-refractivity contribution in [3.05, 3.63) is 0 Å². The number of rotatable bonds is 1. The van der Waals surface area contributed by atoms with Gasteiger partial charge in [0.1, 0.15) is 0 Å². The Balaban J connectivity index is 2.17. The minimum Gasteiger partial charge on any atom is -0.358 e. The van der Waals surface area contributed by atoms with Gasteiger partial charge >= 0.3 is 0 Å². The zero-order chi connectivity index (χ0) is 10.2. The predicted octanol–water partition coefficient (Wildman–Crippen LogP) is 2.89. The number of ether oxygens (including phenoxy) is 1. The van der Waals surface area contributed by atoms with E-state index in [2.05, 4.69) is 19.9 Å². The van der Waals surface area contributed by atoms with Crippen LogP contribution in [0, 0.1) is 22.7 Å². The quantitative estimate of drug-likeness (QED) is 0.641. The maximum Gasteiger partial charge on any atom is 0.164 e. The van der Waals surface area contributed by atoms with Crippen LogP contribution in [0.1, 0.15) is 46.0 Å². The zero-order valence-corrected chi connectivity index (χ0v) is 9.18. The smallest absolute Gasteiger partial charge is 0.164 e. The molecule has 2 fully saturated rings. The fourth-order valence-electron chi connectivity index (χ4n) is 2.97. The first-order chi connectivity index (χ1) is 6.62. The largest absolute Gasteiger partial charge is 0.358 e. The second-order valence-electron chi connectivity index (χ2n) is 5.35. The molecule has 2 aliphatic rings. The maximum absolute atomic E-state index is 9.35. The molecule has 0 amide bonds. The normalized spacial score (nSPS) is 37.2. The highest BCUT2D eigenvalue weighted by molar-refractivity contribution is 5.19. The van der Waals surface area contributed by atoms with Crippen LogP contribution in [0.2, 0.25) is 0 Å². The van der Waals surface area contributed by atoms with E-state index in [1.807, 2.05) is 0 Å². The molecule has 0 radical (unpaired) electrons. The van der Waals surface area contributed by atoms with E-state index in [4.69, 9.17) is 4.74 Å². The molecular weight excluding hydrogens is 174 g/mol. The molecule has 1 saturated heterocycles. The predicted molar refractivity (Wildman–Crippen MR) is 54.7 cm³/mol. The summed E-state index contributed by atoms with van der Waals surface area (Å²) in [4.78, 5) is 0. The van der Waals surface area contributed by atoms with Crippen LogP contribution in [0.4, 0.5) is 0 Å². The maximum atomic E-state index is 9.35. The third kappa shape index (κ3) is 1.19. The molecule has 2 rings (SSSR count). The van der Waals surface area contributed by atoms with Crippen molar-refractivity contribution in [2.45, 2.75) is 51.6 Å². The monoisotopic (exact) mass is 193 g/mol. The molecule has 0 aromatic rings. The van der Waals surface area contributed by atoms with E-state index in [1.165, 1.54) is 32.1 Å². The molecule has 1 heterocycles. The lowest BCUT2D eigenvalue weighted by Crippen LogP contribution is -2.63. The Hall–Kier alpha value is -0.550. The molecule has 0 bridgehead atoms. The molecule has 0 spiro atoms.